The smallest absolute Gasteiger partial charge is 0.435 e. The third kappa shape index (κ3) is 4.05. The third-order valence-corrected chi connectivity index (χ3v) is 3.90. The molecule has 152 valence electrons. The predicted molar refractivity (Wildman–Crippen MR) is 88.4 cm³/mol. The van der Waals surface area contributed by atoms with E-state index in [-0.39, 0.29) is 6.61 Å². The van der Waals surface area contributed by atoms with Gasteiger partial charge in [0.15, 0.2) is 11.6 Å². The fraction of sp³-hybridized carbons (Fsp3) is 0.438. The molecule has 28 heavy (non-hydrogen) atoms. The number of aromatic nitrogens is 2. The molecule has 1 aliphatic carbocycles. The summed E-state index contributed by atoms with van der Waals surface area (Å²) in [4.78, 5) is 35.6. The van der Waals surface area contributed by atoms with Crippen molar-refractivity contribution in [2.75, 3.05) is 6.61 Å². The highest BCUT2D eigenvalue weighted by molar-refractivity contribution is 5.96. The van der Waals surface area contributed by atoms with Crippen molar-refractivity contribution in [1.82, 2.24) is 15.1 Å². The molecular weight excluding hydrogens is 385 g/mol. The maximum atomic E-state index is 13.1. The van der Waals surface area contributed by atoms with Crippen LogP contribution < -0.4 is 5.32 Å². The van der Waals surface area contributed by atoms with Gasteiger partial charge in [-0.05, 0) is 6.42 Å². The van der Waals surface area contributed by atoms with Crippen LogP contribution in [0.25, 0.3) is 0 Å². The lowest BCUT2D eigenvalue weighted by Gasteiger charge is -2.29. The fourth-order valence-corrected chi connectivity index (χ4v) is 2.63. The monoisotopic (exact) mass is 402 g/mol. The molecule has 0 saturated carbocycles. The molecule has 1 amide bonds. The number of hydrogen-bond donors (Lipinski definition) is 1. The zero-order chi connectivity index (χ0) is 21.1. The zero-order valence-electron chi connectivity index (χ0n) is 14.9. The average Bonchev–Trinajstić information content (AvgIpc) is 3.02. The zero-order valence-corrected chi connectivity index (χ0v) is 14.9. The third-order valence-electron chi connectivity index (χ3n) is 3.90. The van der Waals surface area contributed by atoms with Crippen molar-refractivity contribution in [1.29, 1.82) is 0 Å². The molecule has 9 nitrogen and oxygen atoms in total. The van der Waals surface area contributed by atoms with E-state index in [0.29, 0.717) is 6.42 Å². The minimum Gasteiger partial charge on any atom is -0.465 e. The number of allylic oxidation sites excluding steroid dienone is 2. The first kappa shape index (κ1) is 21.1. The number of halogens is 3. The molecule has 1 unspecified atom stereocenters. The number of esters is 1. The lowest BCUT2D eigenvalue weighted by atomic mass is 9.88. The maximum absolute atomic E-state index is 13.1. The number of nitro groups is 1. The second kappa shape index (κ2) is 7.82. The number of rotatable bonds is 6. The van der Waals surface area contributed by atoms with E-state index in [1.807, 2.05) is 5.32 Å². The first-order valence-corrected chi connectivity index (χ1v) is 8.13. The number of carbonyl (C=O) groups excluding carboxylic acids is 2. The van der Waals surface area contributed by atoms with Gasteiger partial charge in [0.1, 0.15) is 0 Å². The first-order valence-electron chi connectivity index (χ1n) is 8.13. The number of alkyl halides is 3. The Bertz CT molecular complexity index is 846. The molecule has 1 aromatic rings. The summed E-state index contributed by atoms with van der Waals surface area (Å²) in [6.45, 7) is 1.71. The molecule has 0 aliphatic heterocycles. The molecule has 2 rings (SSSR count). The Morgan fingerprint density at radius 1 is 1.43 bits per heavy atom. The van der Waals surface area contributed by atoms with Crippen LogP contribution in [0.3, 0.4) is 0 Å². The van der Waals surface area contributed by atoms with Crippen molar-refractivity contribution in [2.24, 2.45) is 13.0 Å². The quantitative estimate of drug-likeness (QED) is 0.336. The molecule has 0 fully saturated rings. The van der Waals surface area contributed by atoms with Gasteiger partial charge in [-0.15, -0.1) is 0 Å². The Morgan fingerprint density at radius 3 is 2.68 bits per heavy atom. The molecule has 1 N–H and O–H groups in total. The van der Waals surface area contributed by atoms with E-state index >= 15 is 0 Å². The van der Waals surface area contributed by atoms with Crippen LogP contribution in [0.1, 0.15) is 29.4 Å². The van der Waals surface area contributed by atoms with Gasteiger partial charge >= 0.3 is 17.8 Å². The number of amides is 1. The molecular formula is C16H17F3N4O5. The highest BCUT2D eigenvalue weighted by atomic mass is 19.4. The summed E-state index contributed by atoms with van der Waals surface area (Å²) in [5, 5.41) is 16.9. The average molecular weight is 402 g/mol. The molecule has 1 heterocycles. The van der Waals surface area contributed by atoms with Crippen LogP contribution in [-0.2, 0) is 22.8 Å². The minimum atomic E-state index is -4.95. The van der Waals surface area contributed by atoms with E-state index in [1.54, 1.807) is 6.92 Å². The first-order chi connectivity index (χ1) is 13.0. The molecule has 0 bridgehead atoms. The van der Waals surface area contributed by atoms with Gasteiger partial charge in [0.2, 0.25) is 0 Å². The summed E-state index contributed by atoms with van der Waals surface area (Å²) < 4.78 is 45.0. The van der Waals surface area contributed by atoms with Gasteiger partial charge in [-0.2, -0.15) is 18.3 Å². The van der Waals surface area contributed by atoms with Crippen molar-refractivity contribution < 1.29 is 32.4 Å². The molecule has 12 heteroatoms. The van der Waals surface area contributed by atoms with Gasteiger partial charge in [-0.1, -0.05) is 25.2 Å². The molecule has 1 aromatic heterocycles. The van der Waals surface area contributed by atoms with Crippen LogP contribution in [-0.4, -0.2) is 38.9 Å². The van der Waals surface area contributed by atoms with Gasteiger partial charge in [-0.3, -0.25) is 29.7 Å². The number of carbonyl (C=O) groups is 2. The normalized spacial score (nSPS) is 21.4. The van der Waals surface area contributed by atoms with E-state index in [2.05, 4.69) is 5.10 Å². The topological polar surface area (TPSA) is 116 Å². The summed E-state index contributed by atoms with van der Waals surface area (Å²) >= 11 is 0. The molecule has 0 spiro atoms. The van der Waals surface area contributed by atoms with E-state index in [9.17, 15) is 32.9 Å². The molecule has 0 radical (unpaired) electrons. The second-order valence-electron chi connectivity index (χ2n) is 5.99. The van der Waals surface area contributed by atoms with Crippen LogP contribution in [0.4, 0.5) is 13.2 Å². The van der Waals surface area contributed by atoms with Gasteiger partial charge in [-0.25, -0.2) is 0 Å². The standard InChI is InChI=1S/C16H17F3N4O5/c1-3-8-28-14(25)11-6-4-5-7-15(11,23(26)27)20-13(24)10-9-22(2)21-12(10)16(17,18)19/h4-7,9,11H,3,8H2,1-2H3,(H,20,24)/t11-,15?/m1/s1. The molecule has 0 saturated heterocycles. The maximum Gasteiger partial charge on any atom is 0.435 e. The number of hydrogen-bond acceptors (Lipinski definition) is 6. The Hall–Kier alpha value is -3.18. The van der Waals surface area contributed by atoms with Crippen LogP contribution in [0.5, 0.6) is 0 Å². The van der Waals surface area contributed by atoms with Crippen molar-refractivity contribution in [3.8, 4) is 0 Å². The summed E-state index contributed by atoms with van der Waals surface area (Å²) in [5.41, 5.74) is -4.90. The van der Waals surface area contributed by atoms with Crippen LogP contribution in [0.2, 0.25) is 0 Å². The number of nitrogens with one attached hydrogen (secondary N) is 1. The van der Waals surface area contributed by atoms with Crippen molar-refractivity contribution >= 4 is 11.9 Å². The molecule has 0 aromatic carbocycles. The lowest BCUT2D eigenvalue weighted by molar-refractivity contribution is -0.566. The molecule has 1 aliphatic rings. The van der Waals surface area contributed by atoms with Gasteiger partial charge in [0, 0.05) is 19.3 Å². The van der Waals surface area contributed by atoms with Crippen LogP contribution >= 0.6 is 0 Å². The summed E-state index contributed by atoms with van der Waals surface area (Å²) in [6, 6.07) is 0. The summed E-state index contributed by atoms with van der Waals surface area (Å²) in [7, 11) is 1.17. The van der Waals surface area contributed by atoms with E-state index < -0.39 is 45.8 Å². The van der Waals surface area contributed by atoms with Crippen LogP contribution in [0.15, 0.2) is 30.5 Å². The SMILES string of the molecule is CCCOC(=O)[C@H]1C=CC=CC1(NC(=O)c1cn(C)nc1C(F)(F)F)[N+](=O)[O-]. The highest BCUT2D eigenvalue weighted by Crippen LogP contribution is 2.32. The van der Waals surface area contributed by atoms with E-state index in [0.717, 1.165) is 23.0 Å². The second-order valence-corrected chi connectivity index (χ2v) is 5.99. The van der Waals surface area contributed by atoms with Crippen molar-refractivity contribution in [3.05, 3.63) is 51.9 Å². The van der Waals surface area contributed by atoms with E-state index in [1.165, 1.54) is 19.2 Å². The Kier molecular flexibility index (Phi) is 5.90. The summed E-state index contributed by atoms with van der Waals surface area (Å²) in [5.74, 6) is -3.94. The number of ether oxygens (including phenoxy) is 1. The van der Waals surface area contributed by atoms with E-state index in [4.69, 9.17) is 4.74 Å². The Morgan fingerprint density at radius 2 is 2.11 bits per heavy atom. The lowest BCUT2D eigenvalue weighted by Crippen LogP contribution is -2.60. The van der Waals surface area contributed by atoms with Crippen LogP contribution in [0, 0.1) is 16.0 Å². The number of aryl methyl sites for hydroxylation is 1. The van der Waals surface area contributed by atoms with Gasteiger partial charge in [0.05, 0.1) is 17.1 Å². The van der Waals surface area contributed by atoms with Crippen molar-refractivity contribution in [2.45, 2.75) is 25.2 Å². The highest BCUT2D eigenvalue weighted by Gasteiger charge is 2.55. The van der Waals surface area contributed by atoms with Crippen molar-refractivity contribution in [3.63, 3.8) is 0 Å². The largest absolute Gasteiger partial charge is 0.465 e. The van der Waals surface area contributed by atoms with Gasteiger partial charge in [0.25, 0.3) is 5.91 Å². The van der Waals surface area contributed by atoms with Gasteiger partial charge < -0.3 is 4.74 Å². The Labute approximate surface area is 157 Å². The number of nitrogens with zero attached hydrogens (tertiary/aromatic N) is 3. The Balaban J connectivity index is 2.43. The molecule has 2 atom stereocenters. The minimum absolute atomic E-state index is 0.00451. The predicted octanol–water partition coefficient (Wildman–Crippen LogP) is 1.84. The fourth-order valence-electron chi connectivity index (χ4n) is 2.63. The summed E-state index contributed by atoms with van der Waals surface area (Å²) in [6.07, 6.45) is 0.926.